The SMILES string of the molecule is Nc1ccc(CO)nc1-c1ccccc1. The van der Waals surface area contributed by atoms with E-state index in [1.807, 2.05) is 30.3 Å². The first-order valence-corrected chi connectivity index (χ1v) is 4.73. The zero-order valence-electron chi connectivity index (χ0n) is 8.22. The number of nitrogen functional groups attached to an aromatic ring is 1. The van der Waals surface area contributed by atoms with E-state index < -0.39 is 0 Å². The highest BCUT2D eigenvalue weighted by molar-refractivity contribution is 5.72. The Morgan fingerprint density at radius 3 is 2.47 bits per heavy atom. The number of nitrogens with two attached hydrogens (primary N) is 1. The molecular weight excluding hydrogens is 188 g/mol. The minimum atomic E-state index is -0.0693. The predicted octanol–water partition coefficient (Wildman–Crippen LogP) is 1.82. The van der Waals surface area contributed by atoms with Gasteiger partial charge in [-0.2, -0.15) is 0 Å². The smallest absolute Gasteiger partial charge is 0.0935 e. The van der Waals surface area contributed by atoms with Crippen molar-refractivity contribution in [2.75, 3.05) is 5.73 Å². The van der Waals surface area contributed by atoms with Crippen molar-refractivity contribution in [2.45, 2.75) is 6.61 Å². The first-order valence-electron chi connectivity index (χ1n) is 4.73. The zero-order chi connectivity index (χ0) is 10.7. The van der Waals surface area contributed by atoms with E-state index in [0.29, 0.717) is 11.4 Å². The van der Waals surface area contributed by atoms with Gasteiger partial charge in [0.2, 0.25) is 0 Å². The Balaban J connectivity index is 2.52. The van der Waals surface area contributed by atoms with Crippen LogP contribution in [0.3, 0.4) is 0 Å². The minimum Gasteiger partial charge on any atom is -0.397 e. The first-order chi connectivity index (χ1) is 7.31. The highest BCUT2D eigenvalue weighted by Crippen LogP contribution is 2.23. The molecule has 0 amide bonds. The Morgan fingerprint density at radius 2 is 1.80 bits per heavy atom. The number of rotatable bonds is 2. The van der Waals surface area contributed by atoms with Gasteiger partial charge in [-0.25, -0.2) is 4.98 Å². The Kier molecular flexibility index (Phi) is 2.65. The van der Waals surface area contributed by atoms with Gasteiger partial charge in [0.15, 0.2) is 0 Å². The van der Waals surface area contributed by atoms with Crippen molar-refractivity contribution in [1.82, 2.24) is 4.98 Å². The third-order valence-corrected chi connectivity index (χ3v) is 2.19. The van der Waals surface area contributed by atoms with Crippen molar-refractivity contribution in [2.24, 2.45) is 0 Å². The summed E-state index contributed by atoms with van der Waals surface area (Å²) in [4.78, 5) is 4.29. The van der Waals surface area contributed by atoms with Crippen LogP contribution in [-0.4, -0.2) is 10.1 Å². The topological polar surface area (TPSA) is 59.1 Å². The van der Waals surface area contributed by atoms with Gasteiger partial charge in [0.05, 0.1) is 23.7 Å². The van der Waals surface area contributed by atoms with Crippen LogP contribution < -0.4 is 5.73 Å². The second-order valence-corrected chi connectivity index (χ2v) is 3.26. The van der Waals surface area contributed by atoms with Gasteiger partial charge in [0, 0.05) is 5.56 Å². The average molecular weight is 200 g/mol. The van der Waals surface area contributed by atoms with Crippen LogP contribution >= 0.6 is 0 Å². The van der Waals surface area contributed by atoms with Crippen molar-refractivity contribution >= 4 is 5.69 Å². The van der Waals surface area contributed by atoms with Crippen molar-refractivity contribution < 1.29 is 5.11 Å². The summed E-state index contributed by atoms with van der Waals surface area (Å²) in [5, 5.41) is 9.00. The number of pyridine rings is 1. The van der Waals surface area contributed by atoms with Crippen molar-refractivity contribution in [3.63, 3.8) is 0 Å². The van der Waals surface area contributed by atoms with Gasteiger partial charge in [-0.15, -0.1) is 0 Å². The van der Waals surface area contributed by atoms with Crippen molar-refractivity contribution in [3.8, 4) is 11.3 Å². The fraction of sp³-hybridized carbons (Fsp3) is 0.0833. The predicted molar refractivity (Wildman–Crippen MR) is 60.0 cm³/mol. The third kappa shape index (κ3) is 1.97. The highest BCUT2D eigenvalue weighted by Gasteiger charge is 2.04. The van der Waals surface area contributed by atoms with E-state index in [0.717, 1.165) is 11.3 Å². The Labute approximate surface area is 88.2 Å². The maximum absolute atomic E-state index is 9.00. The minimum absolute atomic E-state index is 0.0693. The molecule has 3 nitrogen and oxygen atoms in total. The quantitative estimate of drug-likeness (QED) is 0.777. The van der Waals surface area contributed by atoms with E-state index in [1.165, 1.54) is 0 Å². The summed E-state index contributed by atoms with van der Waals surface area (Å²) in [5.41, 5.74) is 8.77. The number of hydrogen-bond acceptors (Lipinski definition) is 3. The second-order valence-electron chi connectivity index (χ2n) is 3.26. The molecule has 76 valence electrons. The summed E-state index contributed by atoms with van der Waals surface area (Å²) in [6.07, 6.45) is 0. The molecule has 0 fully saturated rings. The Bertz CT molecular complexity index is 454. The normalized spacial score (nSPS) is 10.2. The summed E-state index contributed by atoms with van der Waals surface area (Å²) >= 11 is 0. The Hall–Kier alpha value is -1.87. The summed E-state index contributed by atoms with van der Waals surface area (Å²) in [5.74, 6) is 0. The largest absolute Gasteiger partial charge is 0.397 e. The Morgan fingerprint density at radius 1 is 1.07 bits per heavy atom. The molecule has 0 atom stereocenters. The molecule has 0 spiro atoms. The van der Waals surface area contributed by atoms with Crippen LogP contribution in [0, 0.1) is 0 Å². The first kappa shape index (κ1) is 9.68. The summed E-state index contributed by atoms with van der Waals surface area (Å²) in [6.45, 7) is -0.0693. The molecule has 0 unspecified atom stereocenters. The third-order valence-electron chi connectivity index (χ3n) is 2.19. The van der Waals surface area contributed by atoms with Crippen molar-refractivity contribution in [3.05, 3.63) is 48.2 Å². The van der Waals surface area contributed by atoms with Gasteiger partial charge < -0.3 is 10.8 Å². The number of benzene rings is 1. The molecule has 15 heavy (non-hydrogen) atoms. The van der Waals surface area contributed by atoms with E-state index in [1.54, 1.807) is 12.1 Å². The van der Waals surface area contributed by atoms with E-state index in [4.69, 9.17) is 10.8 Å². The van der Waals surface area contributed by atoms with Crippen LogP contribution in [-0.2, 0) is 6.61 Å². The lowest BCUT2D eigenvalue weighted by molar-refractivity contribution is 0.277. The molecule has 2 rings (SSSR count). The second kappa shape index (κ2) is 4.11. The van der Waals surface area contributed by atoms with Crippen LogP contribution in [0.1, 0.15) is 5.69 Å². The van der Waals surface area contributed by atoms with Crippen LogP contribution in [0.2, 0.25) is 0 Å². The molecule has 2 aromatic rings. The molecule has 3 N–H and O–H groups in total. The maximum atomic E-state index is 9.00. The molecular formula is C12H12N2O. The van der Waals surface area contributed by atoms with Gasteiger partial charge >= 0.3 is 0 Å². The molecule has 1 aromatic carbocycles. The molecule has 0 bridgehead atoms. The number of aliphatic hydroxyl groups is 1. The number of nitrogens with zero attached hydrogens (tertiary/aromatic N) is 1. The van der Waals surface area contributed by atoms with E-state index in [2.05, 4.69) is 4.98 Å². The molecule has 0 aliphatic rings. The molecule has 1 heterocycles. The maximum Gasteiger partial charge on any atom is 0.0935 e. The summed E-state index contributed by atoms with van der Waals surface area (Å²) in [6, 6.07) is 13.2. The number of aromatic nitrogens is 1. The number of aliphatic hydroxyl groups excluding tert-OH is 1. The van der Waals surface area contributed by atoms with E-state index in [9.17, 15) is 0 Å². The van der Waals surface area contributed by atoms with Gasteiger partial charge in [0.1, 0.15) is 0 Å². The number of anilines is 1. The van der Waals surface area contributed by atoms with E-state index >= 15 is 0 Å². The molecule has 0 radical (unpaired) electrons. The molecule has 1 aromatic heterocycles. The summed E-state index contributed by atoms with van der Waals surface area (Å²) in [7, 11) is 0. The van der Waals surface area contributed by atoms with Gasteiger partial charge in [-0.3, -0.25) is 0 Å². The fourth-order valence-electron chi connectivity index (χ4n) is 1.43. The lowest BCUT2D eigenvalue weighted by Crippen LogP contribution is -1.97. The van der Waals surface area contributed by atoms with E-state index in [-0.39, 0.29) is 6.61 Å². The van der Waals surface area contributed by atoms with Crippen LogP contribution in [0.4, 0.5) is 5.69 Å². The molecule has 0 saturated heterocycles. The zero-order valence-corrected chi connectivity index (χ0v) is 8.22. The fourth-order valence-corrected chi connectivity index (χ4v) is 1.43. The monoisotopic (exact) mass is 200 g/mol. The highest BCUT2D eigenvalue weighted by atomic mass is 16.3. The molecule has 0 saturated carbocycles. The molecule has 0 aliphatic heterocycles. The van der Waals surface area contributed by atoms with Crippen molar-refractivity contribution in [1.29, 1.82) is 0 Å². The standard InChI is InChI=1S/C12H12N2O/c13-11-7-6-10(8-15)14-12(11)9-4-2-1-3-5-9/h1-7,15H,8,13H2. The van der Waals surface area contributed by atoms with Crippen LogP contribution in [0.15, 0.2) is 42.5 Å². The van der Waals surface area contributed by atoms with Gasteiger partial charge in [-0.05, 0) is 12.1 Å². The van der Waals surface area contributed by atoms with Crippen LogP contribution in [0.5, 0.6) is 0 Å². The van der Waals surface area contributed by atoms with Crippen LogP contribution in [0.25, 0.3) is 11.3 Å². The molecule has 3 heteroatoms. The lowest BCUT2D eigenvalue weighted by Gasteiger charge is -2.06. The van der Waals surface area contributed by atoms with Gasteiger partial charge in [-0.1, -0.05) is 30.3 Å². The lowest BCUT2D eigenvalue weighted by atomic mass is 10.1. The average Bonchev–Trinajstić information content (AvgIpc) is 2.31. The number of hydrogen-bond donors (Lipinski definition) is 2. The summed E-state index contributed by atoms with van der Waals surface area (Å²) < 4.78 is 0. The molecule has 0 aliphatic carbocycles. The van der Waals surface area contributed by atoms with Gasteiger partial charge in [0.25, 0.3) is 0 Å².